The lowest BCUT2D eigenvalue weighted by Crippen LogP contribution is -2.00. The first-order valence-electron chi connectivity index (χ1n) is 3.58. The zero-order valence-corrected chi connectivity index (χ0v) is 9.42. The molecule has 1 rings (SSSR count). The molecular formula is C8H5BrClNO3. The van der Waals surface area contributed by atoms with Gasteiger partial charge >= 0.3 is 0 Å². The van der Waals surface area contributed by atoms with Crippen LogP contribution in [0.5, 0.6) is 0 Å². The normalized spacial score (nSPS) is 9.93. The first-order chi connectivity index (χ1) is 6.45. The lowest BCUT2D eigenvalue weighted by molar-refractivity contribution is -0.385. The van der Waals surface area contributed by atoms with Crippen LogP contribution in [0.2, 0.25) is 0 Å². The molecule has 0 spiro atoms. The van der Waals surface area contributed by atoms with Crippen LogP contribution in [0.1, 0.15) is 15.9 Å². The Morgan fingerprint density at radius 1 is 1.57 bits per heavy atom. The molecule has 0 aliphatic carbocycles. The molecule has 0 radical (unpaired) electrons. The number of rotatable bonds is 2. The minimum atomic E-state index is -0.840. The van der Waals surface area contributed by atoms with Crippen LogP contribution in [0.4, 0.5) is 5.69 Å². The Morgan fingerprint density at radius 3 is 2.57 bits per heavy atom. The highest BCUT2D eigenvalue weighted by Gasteiger charge is 2.22. The molecule has 1 aromatic carbocycles. The molecule has 6 heteroatoms. The van der Waals surface area contributed by atoms with E-state index >= 15 is 0 Å². The fourth-order valence-electron chi connectivity index (χ4n) is 1.01. The van der Waals surface area contributed by atoms with Crippen LogP contribution < -0.4 is 0 Å². The standard InChI is InChI=1S/C8H5BrClNO3/c1-4-2-3-5(11(13)14)6(7(4)9)8(10)12/h2-3H,1H3. The van der Waals surface area contributed by atoms with Crippen molar-refractivity contribution in [3.63, 3.8) is 0 Å². The van der Waals surface area contributed by atoms with E-state index in [2.05, 4.69) is 15.9 Å². The second kappa shape index (κ2) is 4.06. The number of nitro groups is 1. The molecule has 0 amide bonds. The van der Waals surface area contributed by atoms with Crippen molar-refractivity contribution >= 4 is 38.5 Å². The van der Waals surface area contributed by atoms with E-state index in [4.69, 9.17) is 11.6 Å². The Labute approximate surface area is 93.1 Å². The Balaban J connectivity index is 3.53. The van der Waals surface area contributed by atoms with Gasteiger partial charge < -0.3 is 0 Å². The summed E-state index contributed by atoms with van der Waals surface area (Å²) in [6.45, 7) is 1.72. The van der Waals surface area contributed by atoms with Gasteiger partial charge in [0.2, 0.25) is 0 Å². The monoisotopic (exact) mass is 277 g/mol. The van der Waals surface area contributed by atoms with Crippen molar-refractivity contribution < 1.29 is 9.72 Å². The summed E-state index contributed by atoms with van der Waals surface area (Å²) >= 11 is 8.35. The fourth-order valence-corrected chi connectivity index (χ4v) is 1.83. The second-order valence-corrected chi connectivity index (χ2v) is 3.76. The van der Waals surface area contributed by atoms with Crippen molar-refractivity contribution in [3.8, 4) is 0 Å². The predicted octanol–water partition coefficient (Wildman–Crippen LogP) is 3.04. The maximum absolute atomic E-state index is 11.0. The number of hydrogen-bond donors (Lipinski definition) is 0. The van der Waals surface area contributed by atoms with Crippen molar-refractivity contribution in [3.05, 3.63) is 37.8 Å². The van der Waals surface area contributed by atoms with Gasteiger partial charge in [0.05, 0.1) is 4.92 Å². The number of carbonyl (C=O) groups excluding carboxylic acids is 1. The fraction of sp³-hybridized carbons (Fsp3) is 0.125. The third kappa shape index (κ3) is 1.93. The van der Waals surface area contributed by atoms with Crippen molar-refractivity contribution in [1.29, 1.82) is 0 Å². The Hall–Kier alpha value is -0.940. The predicted molar refractivity (Wildman–Crippen MR) is 55.7 cm³/mol. The molecule has 1 aromatic rings. The second-order valence-electron chi connectivity index (χ2n) is 2.62. The molecule has 74 valence electrons. The van der Waals surface area contributed by atoms with Gasteiger partial charge in [-0.2, -0.15) is 0 Å². The number of aryl methyl sites for hydroxylation is 1. The van der Waals surface area contributed by atoms with E-state index < -0.39 is 10.2 Å². The molecule has 0 heterocycles. The zero-order chi connectivity index (χ0) is 10.9. The van der Waals surface area contributed by atoms with Gasteiger partial charge in [-0.1, -0.05) is 6.07 Å². The van der Waals surface area contributed by atoms with Gasteiger partial charge in [0.25, 0.3) is 10.9 Å². The summed E-state index contributed by atoms with van der Waals surface area (Å²) in [7, 11) is 0. The molecule has 0 saturated heterocycles. The minimum Gasteiger partial charge on any atom is -0.275 e. The summed E-state index contributed by atoms with van der Waals surface area (Å²) in [5, 5.41) is 9.72. The highest BCUT2D eigenvalue weighted by atomic mass is 79.9. The average molecular weight is 278 g/mol. The van der Waals surface area contributed by atoms with Gasteiger partial charge in [0.1, 0.15) is 5.56 Å². The third-order valence-corrected chi connectivity index (χ3v) is 2.92. The lowest BCUT2D eigenvalue weighted by Gasteiger charge is -2.03. The Morgan fingerprint density at radius 2 is 2.14 bits per heavy atom. The summed E-state index contributed by atoms with van der Waals surface area (Å²) in [6, 6.07) is 2.81. The van der Waals surface area contributed by atoms with Gasteiger partial charge in [-0.05, 0) is 40.0 Å². The van der Waals surface area contributed by atoms with Gasteiger partial charge in [-0.25, -0.2) is 0 Å². The van der Waals surface area contributed by atoms with E-state index in [9.17, 15) is 14.9 Å². The van der Waals surface area contributed by atoms with Crippen LogP contribution in [-0.4, -0.2) is 10.2 Å². The van der Waals surface area contributed by atoms with E-state index in [1.807, 2.05) is 0 Å². The van der Waals surface area contributed by atoms with E-state index in [0.717, 1.165) is 5.56 Å². The summed E-state index contributed by atoms with van der Waals surface area (Å²) in [5.74, 6) is 0. The molecule has 0 atom stereocenters. The Kier molecular flexibility index (Phi) is 3.23. The van der Waals surface area contributed by atoms with Crippen LogP contribution in [0.25, 0.3) is 0 Å². The van der Waals surface area contributed by atoms with Crippen molar-refractivity contribution in [2.75, 3.05) is 0 Å². The highest BCUT2D eigenvalue weighted by Crippen LogP contribution is 2.30. The smallest absolute Gasteiger partial charge is 0.275 e. The van der Waals surface area contributed by atoms with E-state index in [-0.39, 0.29) is 11.3 Å². The van der Waals surface area contributed by atoms with E-state index in [1.54, 1.807) is 13.0 Å². The van der Waals surface area contributed by atoms with Crippen LogP contribution in [0.15, 0.2) is 16.6 Å². The van der Waals surface area contributed by atoms with Gasteiger partial charge in [-0.15, -0.1) is 0 Å². The number of nitrogens with zero attached hydrogens (tertiary/aromatic N) is 1. The highest BCUT2D eigenvalue weighted by molar-refractivity contribution is 9.10. The van der Waals surface area contributed by atoms with Crippen LogP contribution in [0.3, 0.4) is 0 Å². The van der Waals surface area contributed by atoms with E-state index in [0.29, 0.717) is 4.47 Å². The summed E-state index contributed by atoms with van der Waals surface area (Å²) in [4.78, 5) is 20.9. The third-order valence-electron chi connectivity index (χ3n) is 1.71. The molecule has 14 heavy (non-hydrogen) atoms. The average Bonchev–Trinajstić information content (AvgIpc) is 2.08. The molecule has 0 unspecified atom stereocenters. The molecule has 0 saturated carbocycles. The van der Waals surface area contributed by atoms with Gasteiger partial charge in [0, 0.05) is 10.5 Å². The van der Waals surface area contributed by atoms with Gasteiger partial charge in [0.15, 0.2) is 0 Å². The number of benzene rings is 1. The zero-order valence-electron chi connectivity index (χ0n) is 7.08. The molecule has 0 aromatic heterocycles. The quantitative estimate of drug-likeness (QED) is 0.474. The minimum absolute atomic E-state index is 0.100. The molecule has 0 fully saturated rings. The van der Waals surface area contributed by atoms with Gasteiger partial charge in [-0.3, -0.25) is 14.9 Å². The van der Waals surface area contributed by atoms with Crippen LogP contribution in [0, 0.1) is 17.0 Å². The molecular weight excluding hydrogens is 273 g/mol. The lowest BCUT2D eigenvalue weighted by atomic mass is 10.1. The summed E-state index contributed by atoms with van der Waals surface area (Å²) < 4.78 is 0.367. The maximum Gasteiger partial charge on any atom is 0.282 e. The molecule has 4 nitrogen and oxygen atoms in total. The number of hydrogen-bond acceptors (Lipinski definition) is 3. The molecule has 0 N–H and O–H groups in total. The first-order valence-corrected chi connectivity index (χ1v) is 4.75. The SMILES string of the molecule is Cc1ccc([N+](=O)[O-])c(C(=O)Cl)c1Br. The summed E-state index contributed by atoms with van der Waals surface area (Å²) in [6.07, 6.45) is 0. The topological polar surface area (TPSA) is 60.2 Å². The number of nitro benzene ring substituents is 1. The largest absolute Gasteiger partial charge is 0.282 e. The number of carbonyl (C=O) groups is 1. The number of halogens is 2. The summed E-state index contributed by atoms with van der Waals surface area (Å²) in [5.41, 5.74) is 0.332. The van der Waals surface area contributed by atoms with Crippen molar-refractivity contribution in [1.82, 2.24) is 0 Å². The van der Waals surface area contributed by atoms with Crippen LogP contribution in [-0.2, 0) is 0 Å². The van der Waals surface area contributed by atoms with Crippen molar-refractivity contribution in [2.24, 2.45) is 0 Å². The molecule has 0 aliphatic heterocycles. The maximum atomic E-state index is 11.0. The first kappa shape index (κ1) is 11.1. The Bertz CT molecular complexity index is 419. The molecule has 0 bridgehead atoms. The van der Waals surface area contributed by atoms with Crippen LogP contribution >= 0.6 is 27.5 Å². The molecule has 0 aliphatic rings. The van der Waals surface area contributed by atoms with E-state index in [1.165, 1.54) is 6.07 Å². The van der Waals surface area contributed by atoms with Crippen molar-refractivity contribution in [2.45, 2.75) is 6.92 Å².